The van der Waals surface area contributed by atoms with E-state index in [-0.39, 0.29) is 29.6 Å². The minimum Gasteiger partial charge on any atom is -0.273 e. The first-order valence-electron chi connectivity index (χ1n) is 9.27. The highest BCUT2D eigenvalue weighted by molar-refractivity contribution is 6.05. The molecule has 1 heterocycles. The molecule has 2 N–H and O–H groups in total. The summed E-state index contributed by atoms with van der Waals surface area (Å²) in [4.78, 5) is 37.5. The Kier molecular flexibility index (Phi) is 4.89. The molecule has 0 atom stereocenters. The van der Waals surface area contributed by atoms with Crippen LogP contribution in [0.15, 0.2) is 59.4 Å². The second kappa shape index (κ2) is 7.64. The van der Waals surface area contributed by atoms with E-state index in [2.05, 4.69) is 16.0 Å². The summed E-state index contributed by atoms with van der Waals surface area (Å²) >= 11 is 0. The first kappa shape index (κ1) is 17.9. The van der Waals surface area contributed by atoms with Crippen molar-refractivity contribution >= 4 is 22.6 Å². The van der Waals surface area contributed by atoms with Crippen molar-refractivity contribution in [3.05, 3.63) is 76.2 Å². The number of benzene rings is 2. The molecule has 0 bridgehead atoms. The Labute approximate surface area is 161 Å². The normalized spacial score (nSPS) is 13.7. The van der Waals surface area contributed by atoms with Gasteiger partial charge in [0.05, 0.1) is 11.9 Å². The predicted octanol–water partition coefficient (Wildman–Crippen LogP) is 2.01. The summed E-state index contributed by atoms with van der Waals surface area (Å²) < 4.78 is 1.28. The number of hydrogen-bond acceptors (Lipinski definition) is 4. The molecule has 2 aromatic carbocycles. The molecular weight excluding hydrogens is 356 g/mol. The number of nitrogens with zero attached hydrogens (tertiary/aromatic N) is 2. The lowest BCUT2D eigenvalue weighted by Crippen LogP contribution is -2.46. The molecule has 4 rings (SSSR count). The quantitative estimate of drug-likeness (QED) is 0.681. The molecule has 7 nitrogen and oxygen atoms in total. The van der Waals surface area contributed by atoms with Crippen LogP contribution in [0.4, 0.5) is 0 Å². The summed E-state index contributed by atoms with van der Waals surface area (Å²) in [6.07, 6.45) is 2.71. The van der Waals surface area contributed by atoms with Crippen LogP contribution in [0.25, 0.3) is 10.8 Å². The Morgan fingerprint density at radius 2 is 1.64 bits per heavy atom. The molecule has 0 spiro atoms. The van der Waals surface area contributed by atoms with Crippen LogP contribution in [0.5, 0.6) is 0 Å². The fourth-order valence-electron chi connectivity index (χ4n) is 3.22. The number of carbonyl (C=O) groups excluding carboxylic acids is 2. The predicted molar refractivity (Wildman–Crippen MR) is 104 cm³/mol. The van der Waals surface area contributed by atoms with Crippen molar-refractivity contribution in [3.8, 4) is 0 Å². The van der Waals surface area contributed by atoms with Crippen molar-refractivity contribution in [3.63, 3.8) is 0 Å². The van der Waals surface area contributed by atoms with Gasteiger partial charge in [0.1, 0.15) is 0 Å². The van der Waals surface area contributed by atoms with E-state index in [9.17, 15) is 14.4 Å². The van der Waals surface area contributed by atoms with Crippen LogP contribution in [0.1, 0.15) is 35.3 Å². The average molecular weight is 376 g/mol. The summed E-state index contributed by atoms with van der Waals surface area (Å²) in [5.74, 6) is -0.788. The van der Waals surface area contributed by atoms with Crippen LogP contribution < -0.4 is 16.4 Å². The number of fused-ring (bicyclic) bond motifs is 1. The maximum Gasteiger partial charge on any atom is 0.290 e. The van der Waals surface area contributed by atoms with Gasteiger partial charge in [0.25, 0.3) is 11.5 Å². The van der Waals surface area contributed by atoms with Crippen molar-refractivity contribution in [2.24, 2.45) is 5.92 Å². The van der Waals surface area contributed by atoms with Crippen molar-refractivity contribution < 1.29 is 9.59 Å². The van der Waals surface area contributed by atoms with E-state index in [1.807, 2.05) is 30.3 Å². The zero-order chi connectivity index (χ0) is 19.5. The fourth-order valence-corrected chi connectivity index (χ4v) is 3.22. The molecule has 0 aliphatic heterocycles. The lowest BCUT2D eigenvalue weighted by atomic mass is 9.85. The second-order valence-corrected chi connectivity index (χ2v) is 6.91. The molecular formula is C21H20N4O3. The van der Waals surface area contributed by atoms with Crippen LogP contribution >= 0.6 is 0 Å². The van der Waals surface area contributed by atoms with Gasteiger partial charge < -0.3 is 0 Å². The monoisotopic (exact) mass is 376 g/mol. The van der Waals surface area contributed by atoms with E-state index in [1.165, 1.54) is 4.68 Å². The molecule has 142 valence electrons. The molecule has 1 fully saturated rings. The molecule has 28 heavy (non-hydrogen) atoms. The molecule has 1 aliphatic carbocycles. The maximum absolute atomic E-state index is 12.8. The highest BCUT2D eigenvalue weighted by Crippen LogP contribution is 2.25. The van der Waals surface area contributed by atoms with E-state index >= 15 is 0 Å². The minimum atomic E-state index is -0.550. The topological polar surface area (TPSA) is 93.1 Å². The zero-order valence-electron chi connectivity index (χ0n) is 15.2. The molecule has 3 aromatic rings. The van der Waals surface area contributed by atoms with Crippen LogP contribution in [0, 0.1) is 5.92 Å². The molecule has 0 unspecified atom stereocenters. The molecule has 1 aromatic heterocycles. The first-order chi connectivity index (χ1) is 13.6. The van der Waals surface area contributed by atoms with Crippen molar-refractivity contribution in [1.29, 1.82) is 0 Å². The molecule has 0 radical (unpaired) electrons. The third-order valence-electron chi connectivity index (χ3n) is 5.03. The number of hydrogen-bond donors (Lipinski definition) is 2. The fraction of sp³-hybridized carbons (Fsp3) is 0.238. The number of carbonyl (C=O) groups is 2. The van der Waals surface area contributed by atoms with Gasteiger partial charge in [-0.2, -0.15) is 5.10 Å². The Morgan fingerprint density at radius 3 is 2.32 bits per heavy atom. The Bertz CT molecular complexity index is 1090. The lowest BCUT2D eigenvalue weighted by molar-refractivity contribution is -0.128. The number of aromatic nitrogens is 2. The number of amides is 2. The zero-order valence-corrected chi connectivity index (χ0v) is 15.2. The van der Waals surface area contributed by atoms with E-state index in [4.69, 9.17) is 0 Å². The number of hydrazine groups is 1. The highest BCUT2D eigenvalue weighted by atomic mass is 16.2. The lowest BCUT2D eigenvalue weighted by Gasteiger charge is -2.24. The van der Waals surface area contributed by atoms with E-state index < -0.39 is 5.91 Å². The van der Waals surface area contributed by atoms with Crippen molar-refractivity contribution in [2.45, 2.75) is 25.8 Å². The third kappa shape index (κ3) is 3.51. The number of rotatable bonds is 4. The van der Waals surface area contributed by atoms with Gasteiger partial charge in [-0.1, -0.05) is 55.0 Å². The smallest absolute Gasteiger partial charge is 0.273 e. The van der Waals surface area contributed by atoms with Gasteiger partial charge in [0, 0.05) is 11.3 Å². The molecule has 2 amide bonds. The Hall–Kier alpha value is -3.48. The molecule has 1 saturated carbocycles. The summed E-state index contributed by atoms with van der Waals surface area (Å²) in [5.41, 5.74) is 5.63. The number of nitrogens with one attached hydrogen (secondary N) is 2. The van der Waals surface area contributed by atoms with Crippen molar-refractivity contribution in [1.82, 2.24) is 20.6 Å². The van der Waals surface area contributed by atoms with Gasteiger partial charge in [0.15, 0.2) is 5.69 Å². The van der Waals surface area contributed by atoms with Gasteiger partial charge >= 0.3 is 0 Å². The summed E-state index contributed by atoms with van der Waals surface area (Å²) in [6, 6.07) is 16.3. The average Bonchev–Trinajstić information content (AvgIpc) is 2.68. The molecule has 7 heteroatoms. The minimum absolute atomic E-state index is 0.0444. The van der Waals surface area contributed by atoms with Gasteiger partial charge in [0.2, 0.25) is 5.91 Å². The van der Waals surface area contributed by atoms with Gasteiger partial charge in [-0.15, -0.1) is 0 Å². The Balaban J connectivity index is 1.66. The molecule has 1 aliphatic rings. The van der Waals surface area contributed by atoms with Gasteiger partial charge in [-0.25, -0.2) is 4.68 Å². The van der Waals surface area contributed by atoms with E-state index in [0.717, 1.165) is 24.8 Å². The van der Waals surface area contributed by atoms with Crippen LogP contribution in [-0.4, -0.2) is 21.6 Å². The second-order valence-electron chi connectivity index (χ2n) is 6.91. The Morgan fingerprint density at radius 1 is 0.964 bits per heavy atom. The highest BCUT2D eigenvalue weighted by Gasteiger charge is 2.26. The van der Waals surface area contributed by atoms with Crippen LogP contribution in [-0.2, 0) is 11.3 Å². The molecule has 0 saturated heterocycles. The maximum atomic E-state index is 12.8. The van der Waals surface area contributed by atoms with Gasteiger partial charge in [-0.05, 0) is 24.5 Å². The third-order valence-corrected chi connectivity index (χ3v) is 5.03. The summed E-state index contributed by atoms with van der Waals surface area (Å²) in [7, 11) is 0. The summed E-state index contributed by atoms with van der Waals surface area (Å²) in [5, 5.41) is 5.15. The van der Waals surface area contributed by atoms with Crippen LogP contribution in [0.2, 0.25) is 0 Å². The van der Waals surface area contributed by atoms with Crippen LogP contribution in [0.3, 0.4) is 0 Å². The summed E-state index contributed by atoms with van der Waals surface area (Å²) in [6.45, 7) is 0.249. The van der Waals surface area contributed by atoms with Gasteiger partial charge in [-0.3, -0.25) is 25.2 Å². The first-order valence-corrected chi connectivity index (χ1v) is 9.27. The van der Waals surface area contributed by atoms with E-state index in [0.29, 0.717) is 10.8 Å². The van der Waals surface area contributed by atoms with E-state index in [1.54, 1.807) is 24.3 Å². The standard InChI is InChI=1S/C21H20N4O3/c26-19(15-9-6-10-15)22-23-20(27)18-16-11-4-5-12-17(16)21(28)25(24-18)13-14-7-2-1-3-8-14/h1-5,7-8,11-12,15H,6,9-10,13H2,(H,22,26)(H,23,27). The SMILES string of the molecule is O=C(NNC(=O)C1CCC1)c1nn(Cc2ccccc2)c(=O)c2ccccc12. The largest absolute Gasteiger partial charge is 0.290 e. The van der Waals surface area contributed by atoms with Crippen molar-refractivity contribution in [2.75, 3.05) is 0 Å².